The van der Waals surface area contributed by atoms with Crippen molar-refractivity contribution in [3.63, 3.8) is 0 Å². The second-order valence-electron chi connectivity index (χ2n) is 6.02. The van der Waals surface area contributed by atoms with Gasteiger partial charge in [-0.1, -0.05) is 11.6 Å². The average Bonchev–Trinajstić information content (AvgIpc) is 2.55. The fourth-order valence-corrected chi connectivity index (χ4v) is 3.10. The molecule has 1 fully saturated rings. The molecule has 138 valence electrons. The number of alkyl halides is 3. The van der Waals surface area contributed by atoms with Crippen LogP contribution < -0.4 is 4.90 Å². The van der Waals surface area contributed by atoms with Crippen LogP contribution in [0.3, 0.4) is 0 Å². The van der Waals surface area contributed by atoms with Crippen molar-refractivity contribution in [1.29, 1.82) is 0 Å². The third kappa shape index (κ3) is 5.11. The summed E-state index contributed by atoms with van der Waals surface area (Å²) in [5.74, 6) is -0.701. The van der Waals surface area contributed by atoms with E-state index in [1.54, 1.807) is 4.90 Å². The van der Waals surface area contributed by atoms with Crippen molar-refractivity contribution >= 4 is 29.1 Å². The number of hydrogen-bond acceptors (Lipinski definition) is 2. The van der Waals surface area contributed by atoms with Gasteiger partial charge in [0.05, 0.1) is 11.3 Å². The Balaban J connectivity index is 2.18. The number of benzene rings is 1. The highest BCUT2D eigenvalue weighted by Gasteiger charge is 2.36. The zero-order valence-electron chi connectivity index (χ0n) is 13.9. The largest absolute Gasteiger partial charge is 0.418 e. The van der Waals surface area contributed by atoms with Crippen molar-refractivity contribution in [1.82, 2.24) is 4.90 Å². The molecule has 1 aromatic rings. The molecule has 2 amide bonds. The van der Waals surface area contributed by atoms with E-state index in [2.05, 4.69) is 0 Å². The van der Waals surface area contributed by atoms with Crippen LogP contribution in [0.15, 0.2) is 18.2 Å². The zero-order chi connectivity index (χ0) is 18.6. The number of amides is 2. The molecule has 0 bridgehead atoms. The first-order valence-corrected chi connectivity index (χ1v) is 8.50. The van der Waals surface area contributed by atoms with Crippen LogP contribution in [0.1, 0.15) is 38.2 Å². The van der Waals surface area contributed by atoms with Crippen LogP contribution >= 0.6 is 11.6 Å². The smallest absolute Gasteiger partial charge is 0.343 e. The summed E-state index contributed by atoms with van der Waals surface area (Å²) >= 11 is 5.67. The molecule has 0 aromatic heterocycles. The van der Waals surface area contributed by atoms with Crippen molar-refractivity contribution in [3.8, 4) is 0 Å². The molecule has 1 aromatic carbocycles. The number of nitrogens with zero attached hydrogens (tertiary/aromatic N) is 2. The molecule has 0 atom stereocenters. The quantitative estimate of drug-likeness (QED) is 0.793. The maximum Gasteiger partial charge on any atom is 0.418 e. The molecule has 25 heavy (non-hydrogen) atoms. The van der Waals surface area contributed by atoms with E-state index >= 15 is 0 Å². The number of anilines is 1. The van der Waals surface area contributed by atoms with Crippen LogP contribution in [0, 0.1) is 0 Å². The SMILES string of the molecule is CC(=O)N(CCC(=O)N1CCCCC1)c1ccc(Cl)cc1C(F)(F)F. The summed E-state index contributed by atoms with van der Waals surface area (Å²) in [5.41, 5.74) is -1.27. The van der Waals surface area contributed by atoms with Gasteiger partial charge >= 0.3 is 6.18 Å². The molecular weight excluding hydrogens is 357 g/mol. The van der Waals surface area contributed by atoms with Crippen LogP contribution in [0.4, 0.5) is 18.9 Å². The molecule has 0 saturated carbocycles. The number of likely N-dealkylation sites (tertiary alicyclic amines) is 1. The summed E-state index contributed by atoms with van der Waals surface area (Å²) < 4.78 is 39.8. The highest BCUT2D eigenvalue weighted by atomic mass is 35.5. The first-order chi connectivity index (χ1) is 11.7. The minimum Gasteiger partial charge on any atom is -0.343 e. The van der Waals surface area contributed by atoms with Crippen molar-refractivity contribution in [2.24, 2.45) is 0 Å². The van der Waals surface area contributed by atoms with Crippen molar-refractivity contribution in [2.75, 3.05) is 24.5 Å². The first kappa shape index (κ1) is 19.6. The summed E-state index contributed by atoms with van der Waals surface area (Å²) in [4.78, 5) is 26.8. The van der Waals surface area contributed by atoms with Gasteiger partial charge in [0.25, 0.3) is 0 Å². The number of carbonyl (C=O) groups excluding carboxylic acids is 2. The standard InChI is InChI=1S/C17H20ClF3N2O2/c1-12(24)23(10-7-16(25)22-8-3-2-4-9-22)15-6-5-13(18)11-14(15)17(19,20)21/h5-6,11H,2-4,7-10H2,1H3. The molecule has 8 heteroatoms. The molecule has 2 rings (SSSR count). The number of hydrogen-bond donors (Lipinski definition) is 0. The van der Waals surface area contributed by atoms with Crippen molar-refractivity contribution in [3.05, 3.63) is 28.8 Å². The normalized spacial score (nSPS) is 15.2. The van der Waals surface area contributed by atoms with E-state index in [4.69, 9.17) is 11.6 Å². The van der Waals surface area contributed by atoms with Crippen LogP contribution in [0.5, 0.6) is 0 Å². The number of piperidine rings is 1. The predicted octanol–water partition coefficient (Wildman–Crippen LogP) is 4.11. The summed E-state index contributed by atoms with van der Waals surface area (Å²) in [5, 5.41) is -0.0658. The number of carbonyl (C=O) groups is 2. The Morgan fingerprint density at radius 1 is 1.20 bits per heavy atom. The topological polar surface area (TPSA) is 40.6 Å². The Morgan fingerprint density at radius 3 is 2.40 bits per heavy atom. The van der Waals surface area contributed by atoms with Crippen molar-refractivity contribution in [2.45, 2.75) is 38.8 Å². The fraction of sp³-hybridized carbons (Fsp3) is 0.529. The molecule has 0 radical (unpaired) electrons. The second-order valence-corrected chi connectivity index (χ2v) is 6.46. The van der Waals surface area contributed by atoms with Gasteiger partial charge in [-0.2, -0.15) is 13.2 Å². The Bertz CT molecular complexity index is 643. The third-order valence-electron chi connectivity index (χ3n) is 4.19. The number of halogens is 4. The van der Waals surface area contributed by atoms with E-state index in [0.29, 0.717) is 13.1 Å². The van der Waals surface area contributed by atoms with Crippen LogP contribution in [-0.4, -0.2) is 36.3 Å². The molecule has 0 N–H and O–H groups in total. The molecule has 1 aliphatic rings. The van der Waals surface area contributed by atoms with Crippen LogP contribution in [0.25, 0.3) is 0 Å². The van der Waals surface area contributed by atoms with Gasteiger partial charge in [-0.05, 0) is 37.5 Å². The molecule has 1 aliphatic heterocycles. The average molecular weight is 377 g/mol. The van der Waals surface area contributed by atoms with Gasteiger partial charge in [0.2, 0.25) is 11.8 Å². The van der Waals surface area contributed by atoms with Gasteiger partial charge in [-0.15, -0.1) is 0 Å². The van der Waals surface area contributed by atoms with Gasteiger partial charge in [-0.25, -0.2) is 0 Å². The minimum absolute atomic E-state index is 0.0144. The van der Waals surface area contributed by atoms with Gasteiger partial charge in [0.1, 0.15) is 0 Å². The Kier molecular flexibility index (Phi) is 6.32. The first-order valence-electron chi connectivity index (χ1n) is 8.13. The molecule has 0 unspecified atom stereocenters. The minimum atomic E-state index is -4.65. The van der Waals surface area contributed by atoms with Gasteiger partial charge in [-0.3, -0.25) is 9.59 Å². The van der Waals surface area contributed by atoms with Gasteiger partial charge in [0.15, 0.2) is 0 Å². The maximum absolute atomic E-state index is 13.3. The predicted molar refractivity (Wildman–Crippen MR) is 89.5 cm³/mol. The Hall–Kier alpha value is -1.76. The molecule has 1 saturated heterocycles. The van der Waals surface area contributed by atoms with E-state index in [9.17, 15) is 22.8 Å². The van der Waals surface area contributed by atoms with E-state index in [1.807, 2.05) is 0 Å². The summed E-state index contributed by atoms with van der Waals surface area (Å²) in [6.45, 7) is 2.40. The molecule has 4 nitrogen and oxygen atoms in total. The molecule has 1 heterocycles. The Labute approximate surface area is 149 Å². The number of rotatable bonds is 4. The maximum atomic E-state index is 13.3. The Morgan fingerprint density at radius 2 is 1.84 bits per heavy atom. The monoisotopic (exact) mass is 376 g/mol. The zero-order valence-corrected chi connectivity index (χ0v) is 14.7. The lowest BCUT2D eigenvalue weighted by atomic mass is 10.1. The van der Waals surface area contributed by atoms with Gasteiger partial charge < -0.3 is 9.80 Å². The molecular formula is C17H20ClF3N2O2. The summed E-state index contributed by atoms with van der Waals surface area (Å²) in [7, 11) is 0. The van der Waals surface area contributed by atoms with E-state index < -0.39 is 17.6 Å². The van der Waals surface area contributed by atoms with E-state index in [-0.39, 0.29) is 29.6 Å². The van der Waals surface area contributed by atoms with Crippen LogP contribution in [-0.2, 0) is 15.8 Å². The molecule has 0 spiro atoms. The van der Waals surface area contributed by atoms with E-state index in [1.165, 1.54) is 13.0 Å². The highest BCUT2D eigenvalue weighted by Crippen LogP contribution is 2.38. The van der Waals surface area contributed by atoms with Crippen molar-refractivity contribution < 1.29 is 22.8 Å². The second kappa shape index (κ2) is 8.08. The van der Waals surface area contributed by atoms with E-state index in [0.717, 1.165) is 36.3 Å². The lowest BCUT2D eigenvalue weighted by molar-refractivity contribution is -0.137. The van der Waals surface area contributed by atoms with Gasteiger partial charge in [0, 0.05) is 38.0 Å². The highest BCUT2D eigenvalue weighted by molar-refractivity contribution is 6.30. The van der Waals surface area contributed by atoms with Crippen LogP contribution in [0.2, 0.25) is 5.02 Å². The fourth-order valence-electron chi connectivity index (χ4n) is 2.93. The third-order valence-corrected chi connectivity index (χ3v) is 4.43. The summed E-state index contributed by atoms with van der Waals surface area (Å²) in [6.07, 6.45) is -1.73. The molecule has 0 aliphatic carbocycles. The summed E-state index contributed by atoms with van der Waals surface area (Å²) in [6, 6.07) is 3.26. The lowest BCUT2D eigenvalue weighted by Crippen LogP contribution is -2.39. The lowest BCUT2D eigenvalue weighted by Gasteiger charge is -2.29.